The third-order valence-corrected chi connectivity index (χ3v) is 2.32. The molecule has 1 rings (SSSR count). The lowest BCUT2D eigenvalue weighted by Gasteiger charge is -2.13. The Morgan fingerprint density at radius 3 is 2.88 bits per heavy atom. The summed E-state index contributed by atoms with van der Waals surface area (Å²) in [5, 5.41) is 2.82. The number of rotatable bonds is 5. The number of carbonyl (C=O) groups excluding carboxylic acids is 1. The maximum Gasteiger partial charge on any atom is 0.228 e. The van der Waals surface area contributed by atoms with Crippen LogP contribution in [0.3, 0.4) is 0 Å². The Morgan fingerprint density at radius 1 is 1.53 bits per heavy atom. The van der Waals surface area contributed by atoms with Crippen LogP contribution in [0.15, 0.2) is 24.3 Å². The highest BCUT2D eigenvalue weighted by atomic mass is 16.5. The average Bonchev–Trinajstić information content (AvgIpc) is 2.32. The van der Waals surface area contributed by atoms with E-state index in [1.165, 1.54) is 0 Å². The fourth-order valence-corrected chi connectivity index (χ4v) is 1.38. The van der Waals surface area contributed by atoms with E-state index in [1.807, 2.05) is 31.2 Å². The van der Waals surface area contributed by atoms with E-state index in [4.69, 9.17) is 11.2 Å². The molecule has 0 bridgehead atoms. The molecule has 0 saturated carbocycles. The molecule has 0 spiro atoms. The summed E-state index contributed by atoms with van der Waals surface area (Å²) in [5.41, 5.74) is 0.684. The molecule has 0 aliphatic heterocycles. The highest BCUT2D eigenvalue weighted by molar-refractivity contribution is 5.93. The molecule has 0 radical (unpaired) electrons. The zero-order valence-corrected chi connectivity index (χ0v) is 10.2. The number of para-hydroxylation sites is 2. The van der Waals surface area contributed by atoms with E-state index in [-0.39, 0.29) is 11.8 Å². The molecule has 1 amide bonds. The first-order chi connectivity index (χ1) is 8.19. The average molecular weight is 231 g/mol. The Hall–Kier alpha value is -1.95. The second-order valence-electron chi connectivity index (χ2n) is 3.73. The van der Waals surface area contributed by atoms with Crippen LogP contribution in [0, 0.1) is 18.3 Å². The zero-order valence-electron chi connectivity index (χ0n) is 10.2. The second-order valence-corrected chi connectivity index (χ2v) is 3.73. The Labute approximate surface area is 102 Å². The molecule has 0 aliphatic carbocycles. The number of amides is 1. The van der Waals surface area contributed by atoms with Crippen LogP contribution in [0.5, 0.6) is 5.75 Å². The quantitative estimate of drug-likeness (QED) is 0.791. The largest absolute Gasteiger partial charge is 0.492 e. The van der Waals surface area contributed by atoms with Crippen molar-refractivity contribution in [1.29, 1.82) is 0 Å². The van der Waals surface area contributed by atoms with Gasteiger partial charge in [0.15, 0.2) is 0 Å². The van der Waals surface area contributed by atoms with E-state index >= 15 is 0 Å². The molecule has 0 saturated heterocycles. The van der Waals surface area contributed by atoms with Crippen molar-refractivity contribution in [3.63, 3.8) is 0 Å². The lowest BCUT2D eigenvalue weighted by atomic mass is 10.1. The van der Waals surface area contributed by atoms with Crippen LogP contribution in [-0.2, 0) is 4.79 Å². The van der Waals surface area contributed by atoms with Crippen LogP contribution in [0.4, 0.5) is 5.69 Å². The highest BCUT2D eigenvalue weighted by Gasteiger charge is 2.13. The lowest BCUT2D eigenvalue weighted by molar-refractivity contribution is -0.119. The molecular weight excluding hydrogens is 214 g/mol. The molecule has 3 nitrogen and oxygen atoms in total. The first-order valence-corrected chi connectivity index (χ1v) is 5.65. The number of terminal acetylenes is 1. The molecule has 17 heavy (non-hydrogen) atoms. The van der Waals surface area contributed by atoms with Gasteiger partial charge in [-0.1, -0.05) is 19.1 Å². The van der Waals surface area contributed by atoms with Gasteiger partial charge in [0.25, 0.3) is 0 Å². The van der Waals surface area contributed by atoms with Gasteiger partial charge in [-0.2, -0.15) is 0 Å². The summed E-state index contributed by atoms with van der Waals surface area (Å²) in [6.07, 6.45) is 5.62. The van der Waals surface area contributed by atoms with E-state index in [0.717, 1.165) is 0 Å². The summed E-state index contributed by atoms with van der Waals surface area (Å²) in [4.78, 5) is 11.8. The van der Waals surface area contributed by atoms with E-state index in [0.29, 0.717) is 24.5 Å². The van der Waals surface area contributed by atoms with E-state index in [1.54, 1.807) is 6.92 Å². The van der Waals surface area contributed by atoms with Gasteiger partial charge in [0, 0.05) is 12.3 Å². The molecule has 3 heteroatoms. The van der Waals surface area contributed by atoms with Crippen molar-refractivity contribution >= 4 is 11.6 Å². The molecule has 0 aliphatic rings. The monoisotopic (exact) mass is 231 g/mol. The Morgan fingerprint density at radius 2 is 2.24 bits per heavy atom. The number of carbonyl (C=O) groups is 1. The predicted octanol–water partition coefficient (Wildman–Crippen LogP) is 2.68. The maximum atomic E-state index is 11.8. The molecule has 1 aromatic rings. The van der Waals surface area contributed by atoms with Gasteiger partial charge in [-0.3, -0.25) is 4.79 Å². The van der Waals surface area contributed by atoms with Crippen LogP contribution in [-0.4, -0.2) is 12.5 Å². The first-order valence-electron chi connectivity index (χ1n) is 5.65. The van der Waals surface area contributed by atoms with Gasteiger partial charge >= 0.3 is 0 Å². The number of anilines is 1. The molecule has 90 valence electrons. The number of ether oxygens (including phenoxy) is 1. The molecule has 1 atom stereocenters. The van der Waals surface area contributed by atoms with Crippen molar-refractivity contribution in [2.45, 2.75) is 20.3 Å². The van der Waals surface area contributed by atoms with Crippen LogP contribution >= 0.6 is 0 Å². The Bertz CT molecular complexity index is 420. The molecule has 1 unspecified atom stereocenters. The zero-order chi connectivity index (χ0) is 12.7. The van der Waals surface area contributed by atoms with Gasteiger partial charge < -0.3 is 10.1 Å². The molecule has 1 aromatic carbocycles. The third kappa shape index (κ3) is 3.84. The minimum Gasteiger partial charge on any atom is -0.492 e. The van der Waals surface area contributed by atoms with Crippen LogP contribution < -0.4 is 10.1 Å². The van der Waals surface area contributed by atoms with Crippen LogP contribution in [0.2, 0.25) is 0 Å². The molecule has 1 N–H and O–H groups in total. The number of hydrogen-bond donors (Lipinski definition) is 1. The van der Waals surface area contributed by atoms with Gasteiger partial charge in [-0.05, 0) is 19.1 Å². The summed E-state index contributed by atoms with van der Waals surface area (Å²) in [5.74, 6) is 2.87. The highest BCUT2D eigenvalue weighted by Crippen LogP contribution is 2.24. The van der Waals surface area contributed by atoms with Gasteiger partial charge in [-0.15, -0.1) is 12.3 Å². The van der Waals surface area contributed by atoms with Crippen molar-refractivity contribution in [3.8, 4) is 18.1 Å². The van der Waals surface area contributed by atoms with Gasteiger partial charge in [0.1, 0.15) is 5.75 Å². The molecular formula is C14H17NO2. The summed E-state index contributed by atoms with van der Waals surface area (Å²) in [6, 6.07) is 7.35. The maximum absolute atomic E-state index is 11.8. The SMILES string of the molecule is C#CCC(C)C(=O)Nc1ccccc1OCC. The molecule has 0 fully saturated rings. The minimum atomic E-state index is -0.199. The Balaban J connectivity index is 2.74. The summed E-state index contributed by atoms with van der Waals surface area (Å²) >= 11 is 0. The molecule has 0 heterocycles. The van der Waals surface area contributed by atoms with Gasteiger partial charge in [0.2, 0.25) is 5.91 Å². The smallest absolute Gasteiger partial charge is 0.228 e. The van der Waals surface area contributed by atoms with Crippen molar-refractivity contribution in [2.75, 3.05) is 11.9 Å². The summed E-state index contributed by atoms with van der Waals surface area (Å²) in [7, 11) is 0. The number of nitrogens with one attached hydrogen (secondary N) is 1. The topological polar surface area (TPSA) is 38.3 Å². The van der Waals surface area contributed by atoms with Gasteiger partial charge in [-0.25, -0.2) is 0 Å². The van der Waals surface area contributed by atoms with Crippen LogP contribution in [0.25, 0.3) is 0 Å². The van der Waals surface area contributed by atoms with Crippen molar-refractivity contribution < 1.29 is 9.53 Å². The van der Waals surface area contributed by atoms with E-state index < -0.39 is 0 Å². The lowest BCUT2D eigenvalue weighted by Crippen LogP contribution is -2.20. The summed E-state index contributed by atoms with van der Waals surface area (Å²) in [6.45, 7) is 4.27. The second kappa shape index (κ2) is 6.59. The predicted molar refractivity (Wildman–Crippen MR) is 68.9 cm³/mol. The molecule has 0 aromatic heterocycles. The van der Waals surface area contributed by atoms with Crippen LogP contribution in [0.1, 0.15) is 20.3 Å². The van der Waals surface area contributed by atoms with E-state index in [9.17, 15) is 4.79 Å². The minimum absolute atomic E-state index is 0.0879. The Kier molecular flexibility index (Phi) is 5.09. The van der Waals surface area contributed by atoms with Crippen molar-refractivity contribution in [3.05, 3.63) is 24.3 Å². The third-order valence-electron chi connectivity index (χ3n) is 2.32. The van der Waals surface area contributed by atoms with E-state index in [2.05, 4.69) is 11.2 Å². The summed E-state index contributed by atoms with van der Waals surface area (Å²) < 4.78 is 5.42. The van der Waals surface area contributed by atoms with Gasteiger partial charge in [0.05, 0.1) is 12.3 Å². The van der Waals surface area contributed by atoms with Crippen molar-refractivity contribution in [1.82, 2.24) is 0 Å². The first kappa shape index (κ1) is 13.1. The number of benzene rings is 1. The fourth-order valence-electron chi connectivity index (χ4n) is 1.38. The van der Waals surface area contributed by atoms with Crippen molar-refractivity contribution in [2.24, 2.45) is 5.92 Å². The normalized spacial score (nSPS) is 11.4. The standard InChI is InChI=1S/C14H17NO2/c1-4-8-11(3)14(16)15-12-9-6-7-10-13(12)17-5-2/h1,6-7,9-11H,5,8H2,2-3H3,(H,15,16). The fraction of sp³-hybridized carbons (Fsp3) is 0.357. The number of hydrogen-bond acceptors (Lipinski definition) is 2.